The van der Waals surface area contributed by atoms with Crippen molar-refractivity contribution in [3.05, 3.63) is 39.7 Å². The van der Waals surface area contributed by atoms with Crippen molar-refractivity contribution in [2.45, 2.75) is 13.5 Å². The zero-order valence-electron chi connectivity index (χ0n) is 10.2. The summed E-state index contributed by atoms with van der Waals surface area (Å²) in [6.07, 6.45) is 0. The average molecular weight is 262 g/mol. The van der Waals surface area contributed by atoms with Crippen LogP contribution in [0.15, 0.2) is 24.3 Å². The highest BCUT2D eigenvalue weighted by atomic mass is 32.1. The Labute approximate surface area is 109 Å². The third-order valence-electron chi connectivity index (χ3n) is 2.36. The standard InChI is InChI=1S/C12H14N4OS/c1-8-3-4-9(18-8)7-14-11-6-5-10(15-16-11)12(17)13-2/h3-6H,7H2,1-2H3,(H,13,17)(H,14,16). The first-order valence-electron chi connectivity index (χ1n) is 5.54. The van der Waals surface area contributed by atoms with Gasteiger partial charge < -0.3 is 10.6 Å². The van der Waals surface area contributed by atoms with E-state index in [1.54, 1.807) is 30.5 Å². The fourth-order valence-corrected chi connectivity index (χ4v) is 2.26. The van der Waals surface area contributed by atoms with Gasteiger partial charge in [-0.1, -0.05) is 0 Å². The van der Waals surface area contributed by atoms with Crippen LogP contribution in [-0.2, 0) is 6.54 Å². The van der Waals surface area contributed by atoms with Crippen molar-refractivity contribution in [2.75, 3.05) is 12.4 Å². The van der Waals surface area contributed by atoms with Gasteiger partial charge in [-0.2, -0.15) is 0 Å². The van der Waals surface area contributed by atoms with Crippen LogP contribution in [0.1, 0.15) is 20.2 Å². The Hall–Kier alpha value is -1.95. The van der Waals surface area contributed by atoms with Gasteiger partial charge in [0.05, 0.1) is 6.54 Å². The van der Waals surface area contributed by atoms with Crippen LogP contribution in [0, 0.1) is 6.92 Å². The molecule has 94 valence electrons. The Morgan fingerprint density at radius 2 is 2.11 bits per heavy atom. The first kappa shape index (κ1) is 12.5. The predicted molar refractivity (Wildman–Crippen MR) is 71.8 cm³/mol. The van der Waals surface area contributed by atoms with Crippen molar-refractivity contribution in [3.8, 4) is 0 Å². The lowest BCUT2D eigenvalue weighted by Gasteiger charge is -2.03. The first-order chi connectivity index (χ1) is 8.69. The monoisotopic (exact) mass is 262 g/mol. The van der Waals surface area contributed by atoms with Crippen molar-refractivity contribution in [1.29, 1.82) is 0 Å². The Morgan fingerprint density at radius 1 is 1.28 bits per heavy atom. The van der Waals surface area contributed by atoms with Crippen LogP contribution in [0.5, 0.6) is 0 Å². The van der Waals surface area contributed by atoms with E-state index >= 15 is 0 Å². The van der Waals surface area contributed by atoms with E-state index < -0.39 is 0 Å². The third kappa shape index (κ3) is 3.04. The van der Waals surface area contributed by atoms with E-state index in [0.29, 0.717) is 18.1 Å². The van der Waals surface area contributed by atoms with Crippen LogP contribution in [0.2, 0.25) is 0 Å². The van der Waals surface area contributed by atoms with Crippen LogP contribution in [0.4, 0.5) is 5.82 Å². The number of hydrogen-bond donors (Lipinski definition) is 2. The quantitative estimate of drug-likeness (QED) is 0.882. The molecule has 0 radical (unpaired) electrons. The fraction of sp³-hybridized carbons (Fsp3) is 0.250. The highest BCUT2D eigenvalue weighted by Gasteiger charge is 2.05. The molecule has 5 nitrogen and oxygen atoms in total. The highest BCUT2D eigenvalue weighted by molar-refractivity contribution is 7.11. The number of nitrogens with zero attached hydrogens (tertiary/aromatic N) is 2. The normalized spacial score (nSPS) is 10.1. The molecule has 2 heterocycles. The smallest absolute Gasteiger partial charge is 0.271 e. The number of nitrogens with one attached hydrogen (secondary N) is 2. The molecule has 0 aliphatic heterocycles. The Morgan fingerprint density at radius 3 is 2.67 bits per heavy atom. The van der Waals surface area contributed by atoms with Gasteiger partial charge >= 0.3 is 0 Å². The summed E-state index contributed by atoms with van der Waals surface area (Å²) >= 11 is 1.74. The Bertz CT molecular complexity index is 535. The summed E-state index contributed by atoms with van der Waals surface area (Å²) in [5, 5.41) is 13.5. The van der Waals surface area contributed by atoms with E-state index in [0.717, 1.165) is 0 Å². The maximum Gasteiger partial charge on any atom is 0.271 e. The molecule has 0 aliphatic rings. The molecule has 1 amide bonds. The lowest BCUT2D eigenvalue weighted by atomic mass is 10.3. The van der Waals surface area contributed by atoms with Gasteiger partial charge in [-0.15, -0.1) is 21.5 Å². The molecule has 0 spiro atoms. The second-order valence-corrected chi connectivity index (χ2v) is 5.12. The number of hydrogen-bond acceptors (Lipinski definition) is 5. The minimum Gasteiger partial charge on any atom is -0.364 e. The van der Waals surface area contributed by atoms with Gasteiger partial charge in [0.1, 0.15) is 5.82 Å². The molecule has 0 aliphatic carbocycles. The van der Waals surface area contributed by atoms with E-state index in [1.807, 2.05) is 0 Å². The molecule has 2 N–H and O–H groups in total. The van der Waals surface area contributed by atoms with E-state index in [1.165, 1.54) is 9.75 Å². The van der Waals surface area contributed by atoms with E-state index in [4.69, 9.17) is 0 Å². The van der Waals surface area contributed by atoms with Crippen LogP contribution in [-0.4, -0.2) is 23.2 Å². The third-order valence-corrected chi connectivity index (χ3v) is 3.36. The SMILES string of the molecule is CNC(=O)c1ccc(NCc2ccc(C)s2)nn1. The lowest BCUT2D eigenvalue weighted by molar-refractivity contribution is 0.0957. The summed E-state index contributed by atoms with van der Waals surface area (Å²) in [7, 11) is 1.56. The number of amides is 1. The summed E-state index contributed by atoms with van der Waals surface area (Å²) in [5.41, 5.74) is 0.315. The minimum atomic E-state index is -0.233. The number of aryl methyl sites for hydroxylation is 1. The molecule has 18 heavy (non-hydrogen) atoms. The molecule has 0 atom stereocenters. The van der Waals surface area contributed by atoms with E-state index in [9.17, 15) is 4.79 Å². The molecule has 0 aromatic carbocycles. The maximum atomic E-state index is 11.3. The average Bonchev–Trinajstić information content (AvgIpc) is 2.82. The second-order valence-electron chi connectivity index (χ2n) is 3.75. The molecular weight excluding hydrogens is 248 g/mol. The molecule has 0 fully saturated rings. The molecule has 6 heteroatoms. The van der Waals surface area contributed by atoms with Crippen LogP contribution >= 0.6 is 11.3 Å². The van der Waals surface area contributed by atoms with Gasteiger partial charge in [0.15, 0.2) is 5.69 Å². The first-order valence-corrected chi connectivity index (χ1v) is 6.35. The Kier molecular flexibility index (Phi) is 3.88. The number of thiophene rings is 1. The number of rotatable bonds is 4. The zero-order valence-corrected chi connectivity index (χ0v) is 11.0. The summed E-state index contributed by atoms with van der Waals surface area (Å²) < 4.78 is 0. The van der Waals surface area contributed by atoms with Crippen molar-refractivity contribution in [1.82, 2.24) is 15.5 Å². The highest BCUT2D eigenvalue weighted by Crippen LogP contribution is 2.16. The molecule has 2 rings (SSSR count). The molecule has 2 aromatic rings. The summed E-state index contributed by atoms with van der Waals surface area (Å²) in [4.78, 5) is 13.8. The van der Waals surface area contributed by atoms with Crippen molar-refractivity contribution in [3.63, 3.8) is 0 Å². The lowest BCUT2D eigenvalue weighted by Crippen LogP contribution is -2.19. The number of carbonyl (C=O) groups excluding carboxylic acids is 1. The van der Waals surface area contributed by atoms with Crippen molar-refractivity contribution in [2.24, 2.45) is 0 Å². The van der Waals surface area contributed by atoms with Crippen LogP contribution < -0.4 is 10.6 Å². The van der Waals surface area contributed by atoms with Crippen molar-refractivity contribution < 1.29 is 4.79 Å². The van der Waals surface area contributed by atoms with E-state index in [-0.39, 0.29) is 5.91 Å². The van der Waals surface area contributed by atoms with Crippen molar-refractivity contribution >= 4 is 23.1 Å². The molecular formula is C12H14N4OS. The predicted octanol–water partition coefficient (Wildman–Crippen LogP) is 1.82. The van der Waals surface area contributed by atoms with Gasteiger partial charge in [-0.3, -0.25) is 4.79 Å². The second kappa shape index (κ2) is 5.59. The van der Waals surface area contributed by atoms with Gasteiger partial charge in [0, 0.05) is 16.8 Å². The molecule has 0 saturated carbocycles. The van der Waals surface area contributed by atoms with Gasteiger partial charge in [0.25, 0.3) is 5.91 Å². The minimum absolute atomic E-state index is 0.233. The van der Waals surface area contributed by atoms with Crippen LogP contribution in [0.25, 0.3) is 0 Å². The number of carbonyl (C=O) groups is 1. The summed E-state index contributed by atoms with van der Waals surface area (Å²) in [6.45, 7) is 2.79. The van der Waals surface area contributed by atoms with Gasteiger partial charge in [-0.25, -0.2) is 0 Å². The van der Waals surface area contributed by atoms with E-state index in [2.05, 4.69) is 39.9 Å². The fourth-order valence-electron chi connectivity index (χ4n) is 1.43. The number of anilines is 1. The molecule has 2 aromatic heterocycles. The molecule has 0 bridgehead atoms. The molecule has 0 unspecified atom stereocenters. The summed E-state index contributed by atoms with van der Waals surface area (Å²) in [6, 6.07) is 7.56. The zero-order chi connectivity index (χ0) is 13.0. The molecule has 0 saturated heterocycles. The maximum absolute atomic E-state index is 11.3. The number of aromatic nitrogens is 2. The van der Waals surface area contributed by atoms with Gasteiger partial charge in [0.2, 0.25) is 0 Å². The van der Waals surface area contributed by atoms with Gasteiger partial charge in [-0.05, 0) is 31.2 Å². The topological polar surface area (TPSA) is 66.9 Å². The van der Waals surface area contributed by atoms with Crippen LogP contribution in [0.3, 0.4) is 0 Å². The largest absolute Gasteiger partial charge is 0.364 e. The summed E-state index contributed by atoms with van der Waals surface area (Å²) in [5.74, 6) is 0.427. The Balaban J connectivity index is 1.96.